The highest BCUT2D eigenvalue weighted by Crippen LogP contribution is 2.24. The molecule has 0 saturated carbocycles. The van der Waals surface area contributed by atoms with Crippen molar-refractivity contribution < 1.29 is 9.59 Å². The summed E-state index contributed by atoms with van der Waals surface area (Å²) in [5, 5.41) is 6.67. The molecule has 0 unspecified atom stereocenters. The topological polar surface area (TPSA) is 58.2 Å². The van der Waals surface area contributed by atoms with Crippen molar-refractivity contribution in [3.63, 3.8) is 0 Å². The quantitative estimate of drug-likeness (QED) is 0.456. The summed E-state index contributed by atoms with van der Waals surface area (Å²) in [6.07, 6.45) is 5.47. The van der Waals surface area contributed by atoms with Crippen LogP contribution in [0.1, 0.15) is 40.5 Å². The third-order valence-electron chi connectivity index (χ3n) is 4.32. The lowest BCUT2D eigenvalue weighted by atomic mass is 10.1. The van der Waals surface area contributed by atoms with Crippen LogP contribution in [0.5, 0.6) is 0 Å². The SMILES string of the molecule is CCC[C@@H](CNC(=O)c1cc(SC)ccc1Cl)NC(=O)c1cc(SC)ccc1Cl. The molecule has 0 aliphatic heterocycles. The van der Waals surface area contributed by atoms with Crippen molar-refractivity contribution in [3.05, 3.63) is 57.6 Å². The average molecular weight is 471 g/mol. The smallest absolute Gasteiger partial charge is 0.253 e. The lowest BCUT2D eigenvalue weighted by Gasteiger charge is -2.20. The van der Waals surface area contributed by atoms with Crippen molar-refractivity contribution >= 4 is 58.5 Å². The zero-order valence-electron chi connectivity index (χ0n) is 16.6. The number of carbonyl (C=O) groups excluding carboxylic acids is 2. The highest BCUT2D eigenvalue weighted by molar-refractivity contribution is 7.98. The largest absolute Gasteiger partial charge is 0.350 e. The fourth-order valence-corrected chi connectivity index (χ4v) is 4.05. The van der Waals surface area contributed by atoms with Gasteiger partial charge in [0.05, 0.1) is 21.2 Å². The Labute approximate surface area is 190 Å². The molecule has 29 heavy (non-hydrogen) atoms. The fourth-order valence-electron chi connectivity index (χ4n) is 2.76. The number of benzene rings is 2. The van der Waals surface area contributed by atoms with E-state index in [1.54, 1.807) is 47.8 Å². The molecule has 1 atom stereocenters. The summed E-state index contributed by atoms with van der Waals surface area (Å²) in [4.78, 5) is 27.2. The van der Waals surface area contributed by atoms with Gasteiger partial charge in [0.1, 0.15) is 0 Å². The molecule has 0 heterocycles. The van der Waals surface area contributed by atoms with Crippen LogP contribution in [0.4, 0.5) is 0 Å². The number of thioether (sulfide) groups is 2. The summed E-state index contributed by atoms with van der Waals surface area (Å²) in [5.74, 6) is -0.510. The van der Waals surface area contributed by atoms with Gasteiger partial charge in [-0.15, -0.1) is 23.5 Å². The summed E-state index contributed by atoms with van der Waals surface area (Å²) < 4.78 is 0. The Kier molecular flexibility index (Phi) is 9.69. The minimum atomic E-state index is -0.260. The van der Waals surface area contributed by atoms with Crippen LogP contribution < -0.4 is 10.6 Å². The first-order valence-electron chi connectivity index (χ1n) is 9.15. The Bertz CT molecular complexity index is 878. The van der Waals surface area contributed by atoms with E-state index in [-0.39, 0.29) is 17.9 Å². The number of hydrogen-bond donors (Lipinski definition) is 2. The molecule has 0 aliphatic carbocycles. The number of nitrogens with one attached hydrogen (secondary N) is 2. The minimum Gasteiger partial charge on any atom is -0.350 e. The summed E-state index contributed by atoms with van der Waals surface area (Å²) in [5.41, 5.74) is 0.859. The Balaban J connectivity index is 2.07. The Morgan fingerprint density at radius 1 is 0.931 bits per heavy atom. The molecule has 2 aromatic carbocycles. The van der Waals surface area contributed by atoms with Gasteiger partial charge in [-0.05, 0) is 55.3 Å². The van der Waals surface area contributed by atoms with Crippen molar-refractivity contribution in [3.8, 4) is 0 Å². The second-order valence-electron chi connectivity index (χ2n) is 6.36. The molecular formula is C21H24Cl2N2O2S2. The monoisotopic (exact) mass is 470 g/mol. The van der Waals surface area contributed by atoms with Crippen LogP contribution in [-0.2, 0) is 0 Å². The van der Waals surface area contributed by atoms with Crippen LogP contribution in [0.25, 0.3) is 0 Å². The van der Waals surface area contributed by atoms with E-state index in [0.717, 1.165) is 22.6 Å². The third-order valence-corrected chi connectivity index (χ3v) is 6.43. The van der Waals surface area contributed by atoms with Gasteiger partial charge in [-0.1, -0.05) is 36.5 Å². The number of amides is 2. The van der Waals surface area contributed by atoms with Gasteiger partial charge in [0.15, 0.2) is 0 Å². The molecule has 0 saturated heterocycles. The van der Waals surface area contributed by atoms with Crippen LogP contribution in [0.3, 0.4) is 0 Å². The van der Waals surface area contributed by atoms with E-state index in [0.29, 0.717) is 27.7 Å². The van der Waals surface area contributed by atoms with Crippen molar-refractivity contribution in [2.45, 2.75) is 35.6 Å². The van der Waals surface area contributed by atoms with Gasteiger partial charge in [0, 0.05) is 22.4 Å². The number of carbonyl (C=O) groups is 2. The van der Waals surface area contributed by atoms with Gasteiger partial charge in [-0.2, -0.15) is 0 Å². The van der Waals surface area contributed by atoms with E-state index in [1.807, 2.05) is 31.6 Å². The normalized spacial score (nSPS) is 11.8. The second-order valence-corrected chi connectivity index (χ2v) is 8.93. The molecule has 0 fully saturated rings. The molecule has 156 valence electrons. The number of halogens is 2. The predicted molar refractivity (Wildman–Crippen MR) is 125 cm³/mol. The van der Waals surface area contributed by atoms with Crippen LogP contribution in [0, 0.1) is 0 Å². The first-order chi connectivity index (χ1) is 13.9. The molecular weight excluding hydrogens is 447 g/mol. The Morgan fingerprint density at radius 2 is 1.45 bits per heavy atom. The molecule has 2 rings (SSSR count). The maximum Gasteiger partial charge on any atom is 0.253 e. The molecule has 4 nitrogen and oxygen atoms in total. The van der Waals surface area contributed by atoms with Gasteiger partial charge in [-0.3, -0.25) is 9.59 Å². The van der Waals surface area contributed by atoms with E-state index in [1.165, 1.54) is 0 Å². The maximum atomic E-state index is 12.7. The van der Waals surface area contributed by atoms with Crippen molar-refractivity contribution in [1.29, 1.82) is 0 Å². The van der Waals surface area contributed by atoms with Crippen LogP contribution in [0.15, 0.2) is 46.2 Å². The number of rotatable bonds is 9. The van der Waals surface area contributed by atoms with Crippen molar-refractivity contribution in [2.75, 3.05) is 19.1 Å². The molecule has 0 aromatic heterocycles. The highest BCUT2D eigenvalue weighted by Gasteiger charge is 2.18. The summed E-state index contributed by atoms with van der Waals surface area (Å²) >= 11 is 15.5. The van der Waals surface area contributed by atoms with Gasteiger partial charge in [0.25, 0.3) is 11.8 Å². The zero-order valence-corrected chi connectivity index (χ0v) is 19.7. The van der Waals surface area contributed by atoms with Crippen molar-refractivity contribution in [2.24, 2.45) is 0 Å². The Morgan fingerprint density at radius 3 is 1.93 bits per heavy atom. The lowest BCUT2D eigenvalue weighted by molar-refractivity contribution is 0.0906. The second kappa shape index (κ2) is 11.7. The lowest BCUT2D eigenvalue weighted by Crippen LogP contribution is -2.43. The maximum absolute atomic E-state index is 12.7. The molecule has 2 amide bonds. The van der Waals surface area contributed by atoms with Gasteiger partial charge in [-0.25, -0.2) is 0 Å². The average Bonchev–Trinajstić information content (AvgIpc) is 2.72. The van der Waals surface area contributed by atoms with E-state index < -0.39 is 0 Å². The zero-order chi connectivity index (χ0) is 21.4. The molecule has 0 radical (unpaired) electrons. The van der Waals surface area contributed by atoms with Gasteiger partial charge in [0.2, 0.25) is 0 Å². The standard InChI is InChI=1S/C21H24Cl2N2O2S2/c1-4-5-13(25-21(27)17-11-15(29-3)7-9-19(17)23)12-24-20(26)16-10-14(28-2)6-8-18(16)22/h6-11,13H,4-5,12H2,1-3H3,(H,24,26)(H,25,27)/t13-/m0/s1. The molecule has 0 spiro atoms. The fraction of sp³-hybridized carbons (Fsp3) is 0.333. The van der Waals surface area contributed by atoms with Crippen LogP contribution in [0.2, 0.25) is 10.0 Å². The molecule has 8 heteroatoms. The number of hydrogen-bond acceptors (Lipinski definition) is 4. The van der Waals surface area contributed by atoms with E-state index in [9.17, 15) is 9.59 Å². The predicted octanol–water partition coefficient (Wildman–Crippen LogP) is 5.77. The molecule has 2 N–H and O–H groups in total. The summed E-state index contributed by atoms with van der Waals surface area (Å²) in [6.45, 7) is 2.33. The molecule has 2 aromatic rings. The summed E-state index contributed by atoms with van der Waals surface area (Å²) in [7, 11) is 0. The van der Waals surface area contributed by atoms with Crippen LogP contribution in [-0.4, -0.2) is 36.9 Å². The first-order valence-corrected chi connectivity index (χ1v) is 12.4. The molecule has 0 aliphatic rings. The van der Waals surface area contributed by atoms with Crippen molar-refractivity contribution in [1.82, 2.24) is 10.6 Å². The van der Waals surface area contributed by atoms with E-state index >= 15 is 0 Å². The van der Waals surface area contributed by atoms with E-state index in [2.05, 4.69) is 10.6 Å². The Hall–Kier alpha value is -1.34. The van der Waals surface area contributed by atoms with Crippen LogP contribution >= 0.6 is 46.7 Å². The molecule has 0 bridgehead atoms. The first kappa shape index (κ1) is 23.9. The third kappa shape index (κ3) is 6.85. The van der Waals surface area contributed by atoms with Gasteiger partial charge < -0.3 is 10.6 Å². The van der Waals surface area contributed by atoms with Gasteiger partial charge >= 0.3 is 0 Å². The highest BCUT2D eigenvalue weighted by atomic mass is 35.5. The summed E-state index contributed by atoms with van der Waals surface area (Å²) in [6, 6.07) is 10.5. The van der Waals surface area contributed by atoms with E-state index in [4.69, 9.17) is 23.2 Å². The minimum absolute atomic E-state index is 0.215.